The highest BCUT2D eigenvalue weighted by molar-refractivity contribution is 5.99. The normalized spacial score (nSPS) is 25.5. The highest BCUT2D eigenvalue weighted by atomic mass is 16.5. The van der Waals surface area contributed by atoms with Crippen molar-refractivity contribution in [2.24, 2.45) is 5.41 Å². The topological polar surface area (TPSA) is 75.6 Å². The van der Waals surface area contributed by atoms with Gasteiger partial charge in [0.2, 0.25) is 0 Å². The van der Waals surface area contributed by atoms with Gasteiger partial charge in [0.05, 0.1) is 6.10 Å². The van der Waals surface area contributed by atoms with E-state index in [9.17, 15) is 14.7 Å². The van der Waals surface area contributed by atoms with Gasteiger partial charge < -0.3 is 15.2 Å². The Morgan fingerprint density at radius 3 is 2.48 bits per heavy atom. The molecule has 0 saturated heterocycles. The third-order valence-electron chi connectivity index (χ3n) is 5.08. The van der Waals surface area contributed by atoms with Gasteiger partial charge in [0.25, 0.3) is 5.91 Å². The van der Waals surface area contributed by atoms with Crippen molar-refractivity contribution in [1.29, 1.82) is 0 Å². The second-order valence-electron chi connectivity index (χ2n) is 6.85. The predicted octanol–water partition coefficient (Wildman–Crippen LogP) is 2.69. The van der Waals surface area contributed by atoms with Crippen LogP contribution in [0.3, 0.4) is 0 Å². The first-order valence-corrected chi connectivity index (χ1v) is 7.90. The van der Waals surface area contributed by atoms with Crippen molar-refractivity contribution < 1.29 is 19.4 Å². The summed E-state index contributed by atoms with van der Waals surface area (Å²) in [6.45, 7) is 9.86. The van der Waals surface area contributed by atoms with E-state index in [1.807, 2.05) is 46.8 Å². The second kappa shape index (κ2) is 5.96. The molecule has 5 nitrogen and oxygen atoms in total. The molecule has 1 saturated carbocycles. The van der Waals surface area contributed by atoms with Gasteiger partial charge in [-0.1, -0.05) is 31.5 Å². The number of amides is 1. The molecule has 0 aliphatic heterocycles. The Hall–Kier alpha value is -1.88. The number of carboxylic acids is 1. The zero-order valence-electron chi connectivity index (χ0n) is 14.4. The number of hydrogen-bond acceptors (Lipinski definition) is 3. The molecule has 2 atom stereocenters. The number of hydrogen-bond donors (Lipinski definition) is 2. The number of carbonyl (C=O) groups is 2. The standard InChI is InChI=1S/C18H25NO4/c1-6-23-14-10-18(16(21)22,17(14,4)5)19-15(20)13-8-7-11(2)9-12(13)3/h7-9,14H,6,10H2,1-5H3,(H,19,20)(H,21,22). The molecule has 1 aliphatic rings. The van der Waals surface area contributed by atoms with E-state index in [4.69, 9.17) is 4.74 Å². The summed E-state index contributed by atoms with van der Waals surface area (Å²) >= 11 is 0. The molecule has 0 heterocycles. The molecule has 1 aromatic carbocycles. The molecule has 1 amide bonds. The SMILES string of the molecule is CCOC1CC(NC(=O)c2ccc(C)cc2C)(C(=O)O)C1(C)C. The molecule has 2 rings (SSSR count). The van der Waals surface area contributed by atoms with Gasteiger partial charge in [-0.05, 0) is 32.4 Å². The molecular formula is C18H25NO4. The summed E-state index contributed by atoms with van der Waals surface area (Å²) in [4.78, 5) is 24.5. The Bertz CT molecular complexity index is 638. The van der Waals surface area contributed by atoms with Gasteiger partial charge in [-0.2, -0.15) is 0 Å². The molecule has 1 fully saturated rings. The van der Waals surface area contributed by atoms with Crippen molar-refractivity contribution in [2.45, 2.75) is 52.7 Å². The van der Waals surface area contributed by atoms with Gasteiger partial charge in [0.15, 0.2) is 0 Å². The van der Waals surface area contributed by atoms with Crippen molar-refractivity contribution in [2.75, 3.05) is 6.61 Å². The van der Waals surface area contributed by atoms with Crippen LogP contribution in [0.15, 0.2) is 18.2 Å². The van der Waals surface area contributed by atoms with E-state index >= 15 is 0 Å². The van der Waals surface area contributed by atoms with Gasteiger partial charge in [-0.3, -0.25) is 4.79 Å². The van der Waals surface area contributed by atoms with Gasteiger partial charge in [0, 0.05) is 24.0 Å². The minimum absolute atomic E-state index is 0.178. The lowest BCUT2D eigenvalue weighted by Gasteiger charge is -2.58. The minimum atomic E-state index is -1.30. The molecule has 0 spiro atoms. The number of carbonyl (C=O) groups excluding carboxylic acids is 1. The first-order valence-electron chi connectivity index (χ1n) is 7.90. The number of rotatable bonds is 5. The largest absolute Gasteiger partial charge is 0.479 e. The zero-order chi connectivity index (χ0) is 17.4. The van der Waals surface area contributed by atoms with Crippen LogP contribution in [0.4, 0.5) is 0 Å². The Morgan fingerprint density at radius 2 is 2.00 bits per heavy atom. The highest BCUT2D eigenvalue weighted by Gasteiger charge is 2.66. The summed E-state index contributed by atoms with van der Waals surface area (Å²) in [7, 11) is 0. The van der Waals surface area contributed by atoms with Crippen LogP contribution in [0.5, 0.6) is 0 Å². The average molecular weight is 319 g/mol. The maximum atomic E-state index is 12.6. The van der Waals surface area contributed by atoms with Crippen molar-refractivity contribution in [1.82, 2.24) is 5.32 Å². The van der Waals surface area contributed by atoms with Crippen LogP contribution in [-0.4, -0.2) is 35.2 Å². The van der Waals surface area contributed by atoms with Gasteiger partial charge >= 0.3 is 5.97 Å². The molecule has 0 bridgehead atoms. The maximum Gasteiger partial charge on any atom is 0.330 e. The Balaban J connectivity index is 2.28. The van der Waals surface area contributed by atoms with Crippen molar-refractivity contribution in [3.05, 3.63) is 34.9 Å². The van der Waals surface area contributed by atoms with Crippen molar-refractivity contribution in [3.8, 4) is 0 Å². The number of aryl methyl sites for hydroxylation is 2. The Morgan fingerprint density at radius 1 is 1.35 bits per heavy atom. The van der Waals surface area contributed by atoms with Crippen LogP contribution >= 0.6 is 0 Å². The fraction of sp³-hybridized carbons (Fsp3) is 0.556. The van der Waals surface area contributed by atoms with E-state index in [0.29, 0.717) is 12.2 Å². The quantitative estimate of drug-likeness (QED) is 0.875. The van der Waals surface area contributed by atoms with Crippen molar-refractivity contribution >= 4 is 11.9 Å². The molecule has 5 heteroatoms. The van der Waals surface area contributed by atoms with Crippen LogP contribution in [0.1, 0.15) is 48.7 Å². The summed E-state index contributed by atoms with van der Waals surface area (Å²) in [5.41, 5.74) is 0.422. The molecule has 23 heavy (non-hydrogen) atoms. The first kappa shape index (κ1) is 17.5. The van der Waals surface area contributed by atoms with Gasteiger partial charge in [-0.15, -0.1) is 0 Å². The number of nitrogens with one attached hydrogen (secondary N) is 1. The lowest BCUT2D eigenvalue weighted by molar-refractivity contribution is -0.190. The summed E-state index contributed by atoms with van der Waals surface area (Å²) in [5.74, 6) is -1.37. The Labute approximate surface area is 137 Å². The molecule has 1 aromatic rings. The fourth-order valence-electron chi connectivity index (χ4n) is 3.37. The van der Waals surface area contributed by atoms with E-state index in [1.165, 1.54) is 0 Å². The molecule has 126 valence electrons. The third-order valence-corrected chi connectivity index (χ3v) is 5.08. The summed E-state index contributed by atoms with van der Waals surface area (Å²) in [5, 5.41) is 12.5. The smallest absolute Gasteiger partial charge is 0.330 e. The van der Waals surface area contributed by atoms with Crippen LogP contribution in [-0.2, 0) is 9.53 Å². The zero-order valence-corrected chi connectivity index (χ0v) is 14.4. The van der Waals surface area contributed by atoms with E-state index in [2.05, 4.69) is 5.32 Å². The molecule has 0 radical (unpaired) electrons. The number of carboxylic acid groups (broad SMARTS) is 1. The lowest BCUT2D eigenvalue weighted by atomic mass is 9.54. The van der Waals surface area contributed by atoms with Gasteiger partial charge in [0.1, 0.15) is 5.54 Å². The summed E-state index contributed by atoms with van der Waals surface area (Å²) < 4.78 is 5.61. The molecule has 2 N–H and O–H groups in total. The van der Waals surface area contributed by atoms with E-state index in [-0.39, 0.29) is 18.4 Å². The van der Waals surface area contributed by atoms with Crippen LogP contribution in [0.25, 0.3) is 0 Å². The monoisotopic (exact) mass is 319 g/mol. The van der Waals surface area contributed by atoms with E-state index in [1.54, 1.807) is 6.07 Å². The highest BCUT2D eigenvalue weighted by Crippen LogP contribution is 2.51. The van der Waals surface area contributed by atoms with E-state index in [0.717, 1.165) is 11.1 Å². The minimum Gasteiger partial charge on any atom is -0.479 e. The van der Waals surface area contributed by atoms with Gasteiger partial charge in [-0.25, -0.2) is 4.79 Å². The number of ether oxygens (including phenoxy) is 1. The summed E-state index contributed by atoms with van der Waals surface area (Å²) in [6.07, 6.45) is 0.0998. The van der Waals surface area contributed by atoms with Crippen molar-refractivity contribution in [3.63, 3.8) is 0 Å². The summed E-state index contributed by atoms with van der Waals surface area (Å²) in [6, 6.07) is 5.50. The Kier molecular flexibility index (Phi) is 4.53. The molecule has 1 aliphatic carbocycles. The number of aliphatic carboxylic acids is 1. The molecular weight excluding hydrogens is 294 g/mol. The molecule has 2 unspecified atom stereocenters. The van der Waals surface area contributed by atoms with Crippen LogP contribution in [0, 0.1) is 19.3 Å². The lowest BCUT2D eigenvalue weighted by Crippen LogP contribution is -2.76. The average Bonchev–Trinajstić information content (AvgIpc) is 2.45. The fourth-order valence-corrected chi connectivity index (χ4v) is 3.37. The second-order valence-corrected chi connectivity index (χ2v) is 6.85. The first-order chi connectivity index (χ1) is 10.7. The van der Waals surface area contributed by atoms with Crippen LogP contribution in [0.2, 0.25) is 0 Å². The van der Waals surface area contributed by atoms with Crippen LogP contribution < -0.4 is 5.32 Å². The number of benzene rings is 1. The van der Waals surface area contributed by atoms with E-state index < -0.39 is 16.9 Å². The molecule has 0 aromatic heterocycles. The predicted molar refractivity (Wildman–Crippen MR) is 87.6 cm³/mol. The maximum absolute atomic E-state index is 12.6. The third kappa shape index (κ3) is 2.74.